The summed E-state index contributed by atoms with van der Waals surface area (Å²) in [5.74, 6) is 0.146. The molecule has 5 nitrogen and oxygen atoms in total. The van der Waals surface area contributed by atoms with E-state index in [1.807, 2.05) is 0 Å². The first-order valence-corrected chi connectivity index (χ1v) is 5.54. The number of hydrogen-bond acceptors (Lipinski definition) is 4. The number of carbonyl (C=O) groups is 1. The predicted molar refractivity (Wildman–Crippen MR) is 64.9 cm³/mol. The van der Waals surface area contributed by atoms with E-state index in [1.165, 1.54) is 0 Å². The number of carbonyl (C=O) groups excluding carboxylic acids is 1. The minimum Gasteiger partial charge on any atom is -0.374 e. The zero-order valence-electron chi connectivity index (χ0n) is 8.65. The molecule has 2 N–H and O–H groups in total. The molecule has 90 valence electrons. The zero-order chi connectivity index (χ0) is 12.4. The summed E-state index contributed by atoms with van der Waals surface area (Å²) in [6, 6.07) is 4.94. The third-order valence-corrected chi connectivity index (χ3v) is 2.63. The second-order valence-corrected chi connectivity index (χ2v) is 4.27. The minimum absolute atomic E-state index is 0.0208. The first-order chi connectivity index (χ1) is 8.10. The standard InChI is InChI=1S/C10H9Cl2N3O2/c11-7-1-6(2-8(12)3-7)10-13-4-9(17)15(5-16)14-10/h1-3,16H,4-5H2,(H,13,14). The van der Waals surface area contributed by atoms with Gasteiger partial charge in [0.2, 0.25) is 0 Å². The Morgan fingerprint density at radius 3 is 2.59 bits per heavy atom. The van der Waals surface area contributed by atoms with Gasteiger partial charge in [0.25, 0.3) is 5.91 Å². The molecular weight excluding hydrogens is 265 g/mol. The van der Waals surface area contributed by atoms with Gasteiger partial charge in [-0.2, -0.15) is 0 Å². The van der Waals surface area contributed by atoms with Gasteiger partial charge in [-0.15, -0.1) is 0 Å². The van der Waals surface area contributed by atoms with Gasteiger partial charge in [-0.3, -0.25) is 15.2 Å². The normalized spacial score (nSPS) is 15.6. The number of aliphatic hydroxyl groups excluding tert-OH is 1. The molecule has 0 aromatic heterocycles. The van der Waals surface area contributed by atoms with Gasteiger partial charge in [0.1, 0.15) is 19.1 Å². The van der Waals surface area contributed by atoms with Crippen molar-refractivity contribution in [2.45, 2.75) is 0 Å². The number of benzene rings is 1. The van der Waals surface area contributed by atoms with Crippen LogP contribution in [0.4, 0.5) is 0 Å². The molecule has 0 spiro atoms. The largest absolute Gasteiger partial charge is 0.374 e. The molecule has 17 heavy (non-hydrogen) atoms. The molecule has 1 amide bonds. The summed E-state index contributed by atoms with van der Waals surface area (Å²) in [6.45, 7) is -0.445. The van der Waals surface area contributed by atoms with Gasteiger partial charge in [-0.1, -0.05) is 23.2 Å². The van der Waals surface area contributed by atoms with E-state index < -0.39 is 6.73 Å². The van der Waals surface area contributed by atoms with Gasteiger partial charge in [0.05, 0.1) is 0 Å². The van der Waals surface area contributed by atoms with Gasteiger partial charge in [-0.05, 0) is 18.2 Å². The first-order valence-electron chi connectivity index (χ1n) is 4.79. The van der Waals surface area contributed by atoms with E-state index in [2.05, 4.69) is 10.4 Å². The van der Waals surface area contributed by atoms with E-state index in [0.29, 0.717) is 21.4 Å². The van der Waals surface area contributed by atoms with Crippen molar-refractivity contribution in [2.75, 3.05) is 13.3 Å². The fourth-order valence-electron chi connectivity index (χ4n) is 1.42. The second kappa shape index (κ2) is 4.91. The van der Waals surface area contributed by atoms with Crippen LogP contribution in [0.15, 0.2) is 23.2 Å². The number of aliphatic hydroxyl groups is 1. The van der Waals surface area contributed by atoms with Crippen molar-refractivity contribution in [3.8, 4) is 0 Å². The van der Waals surface area contributed by atoms with E-state index in [0.717, 1.165) is 5.01 Å². The maximum absolute atomic E-state index is 11.3. The van der Waals surface area contributed by atoms with Gasteiger partial charge in [-0.25, -0.2) is 5.01 Å². The maximum atomic E-state index is 11.3. The van der Waals surface area contributed by atoms with Crippen LogP contribution in [-0.2, 0) is 4.79 Å². The lowest BCUT2D eigenvalue weighted by atomic mass is 10.2. The van der Waals surface area contributed by atoms with Crippen molar-refractivity contribution in [2.24, 2.45) is 4.99 Å². The highest BCUT2D eigenvalue weighted by atomic mass is 35.5. The Bertz CT molecular complexity index is 470. The fourth-order valence-corrected chi connectivity index (χ4v) is 1.94. The molecule has 0 unspecified atom stereocenters. The highest BCUT2D eigenvalue weighted by Gasteiger charge is 2.20. The lowest BCUT2D eigenvalue weighted by molar-refractivity contribution is -0.136. The average Bonchev–Trinajstić information content (AvgIpc) is 2.28. The Morgan fingerprint density at radius 1 is 1.35 bits per heavy atom. The number of hydrazine groups is 1. The Labute approximate surface area is 108 Å². The third kappa shape index (κ3) is 2.69. The third-order valence-electron chi connectivity index (χ3n) is 2.19. The Balaban J connectivity index is 2.31. The number of nitrogens with zero attached hydrogens (tertiary/aromatic N) is 2. The van der Waals surface area contributed by atoms with Gasteiger partial charge in [0, 0.05) is 15.6 Å². The highest BCUT2D eigenvalue weighted by Crippen LogP contribution is 2.19. The Morgan fingerprint density at radius 2 is 2.00 bits per heavy atom. The summed E-state index contributed by atoms with van der Waals surface area (Å²) < 4.78 is 0. The number of halogens is 2. The number of nitrogens with one attached hydrogen (secondary N) is 1. The first kappa shape index (κ1) is 12.2. The summed E-state index contributed by atoms with van der Waals surface area (Å²) in [7, 11) is 0. The van der Waals surface area contributed by atoms with Gasteiger partial charge >= 0.3 is 0 Å². The molecule has 1 heterocycles. The molecule has 1 aromatic carbocycles. The van der Waals surface area contributed by atoms with Crippen LogP contribution in [0.3, 0.4) is 0 Å². The maximum Gasteiger partial charge on any atom is 0.264 e. The number of amides is 1. The molecular formula is C10H9Cl2N3O2. The van der Waals surface area contributed by atoms with Crippen LogP contribution in [0.5, 0.6) is 0 Å². The van der Waals surface area contributed by atoms with Crippen molar-refractivity contribution in [1.29, 1.82) is 0 Å². The highest BCUT2D eigenvalue weighted by molar-refractivity contribution is 6.35. The van der Waals surface area contributed by atoms with Crippen LogP contribution < -0.4 is 5.43 Å². The lowest BCUT2D eigenvalue weighted by Gasteiger charge is -2.26. The number of rotatable bonds is 2. The average molecular weight is 274 g/mol. The second-order valence-electron chi connectivity index (χ2n) is 3.40. The van der Waals surface area contributed by atoms with Crippen LogP contribution in [0, 0.1) is 0 Å². The molecule has 0 saturated carbocycles. The summed E-state index contributed by atoms with van der Waals surface area (Å²) in [5, 5.41) is 11.0. The number of amidine groups is 1. The monoisotopic (exact) mass is 273 g/mol. The van der Waals surface area contributed by atoms with Crippen molar-refractivity contribution in [3.63, 3.8) is 0 Å². The summed E-state index contributed by atoms with van der Waals surface area (Å²) >= 11 is 11.7. The molecule has 7 heteroatoms. The molecule has 1 aliphatic heterocycles. The van der Waals surface area contributed by atoms with Gasteiger partial charge in [0.15, 0.2) is 0 Å². The minimum atomic E-state index is -0.424. The fraction of sp³-hybridized carbons (Fsp3) is 0.200. The van der Waals surface area contributed by atoms with Crippen molar-refractivity contribution >= 4 is 34.9 Å². The Kier molecular flexibility index (Phi) is 3.51. The van der Waals surface area contributed by atoms with Crippen LogP contribution in [-0.4, -0.2) is 35.1 Å². The summed E-state index contributed by atoms with van der Waals surface area (Å²) in [5.41, 5.74) is 3.35. The van der Waals surface area contributed by atoms with Crippen LogP contribution in [0.2, 0.25) is 10.0 Å². The van der Waals surface area contributed by atoms with E-state index in [-0.39, 0.29) is 12.5 Å². The topological polar surface area (TPSA) is 64.9 Å². The van der Waals surface area contributed by atoms with E-state index in [4.69, 9.17) is 28.3 Å². The summed E-state index contributed by atoms with van der Waals surface area (Å²) in [4.78, 5) is 15.3. The lowest BCUT2D eigenvalue weighted by Crippen LogP contribution is -2.51. The summed E-state index contributed by atoms with van der Waals surface area (Å²) in [6.07, 6.45) is 0. The SMILES string of the molecule is O=C1CN=C(c2cc(Cl)cc(Cl)c2)NN1CO. The Hall–Kier alpha value is -1.30. The molecule has 0 bridgehead atoms. The molecule has 1 aromatic rings. The number of hydrogen-bond donors (Lipinski definition) is 2. The van der Waals surface area contributed by atoms with E-state index in [9.17, 15) is 4.79 Å². The molecule has 0 aliphatic carbocycles. The zero-order valence-corrected chi connectivity index (χ0v) is 10.2. The number of aliphatic imine (C=N–C) groups is 1. The van der Waals surface area contributed by atoms with Crippen LogP contribution >= 0.6 is 23.2 Å². The predicted octanol–water partition coefficient (Wildman–Crippen LogP) is 1.04. The molecule has 0 saturated heterocycles. The van der Waals surface area contributed by atoms with Crippen molar-refractivity contribution < 1.29 is 9.90 Å². The van der Waals surface area contributed by atoms with E-state index >= 15 is 0 Å². The van der Waals surface area contributed by atoms with Crippen LogP contribution in [0.1, 0.15) is 5.56 Å². The van der Waals surface area contributed by atoms with E-state index in [1.54, 1.807) is 18.2 Å². The van der Waals surface area contributed by atoms with Crippen molar-refractivity contribution in [3.05, 3.63) is 33.8 Å². The van der Waals surface area contributed by atoms with Gasteiger partial charge < -0.3 is 5.11 Å². The van der Waals surface area contributed by atoms with Crippen LogP contribution in [0.25, 0.3) is 0 Å². The smallest absolute Gasteiger partial charge is 0.264 e. The molecule has 0 atom stereocenters. The molecule has 1 aliphatic rings. The van der Waals surface area contributed by atoms with Crippen molar-refractivity contribution in [1.82, 2.24) is 10.4 Å². The molecule has 0 fully saturated rings. The molecule has 2 rings (SSSR count). The quantitative estimate of drug-likeness (QED) is 0.846. The molecule has 0 radical (unpaired) electrons.